The van der Waals surface area contributed by atoms with Crippen LogP contribution in [0.5, 0.6) is 0 Å². The Kier molecular flexibility index (Phi) is 4.70. The molecule has 1 aliphatic rings. The monoisotopic (exact) mass is 363 g/mol. The fraction of sp³-hybridized carbons (Fsp3) is 0.368. The standard InChI is InChI=1S/C19H22FNO3S/c1-14-11-16(20)9-10-18(14)25(22,23)21-12-17(24-13-19(21,2)3)15-7-5-4-6-8-15/h4-11,17H,12-13H2,1-3H3. The molecule has 0 aliphatic carbocycles. The zero-order valence-corrected chi connectivity index (χ0v) is 15.4. The number of morpholine rings is 1. The fourth-order valence-corrected chi connectivity index (χ4v) is 5.12. The molecular weight excluding hydrogens is 341 g/mol. The van der Waals surface area contributed by atoms with E-state index in [1.807, 2.05) is 44.2 Å². The number of halogens is 1. The van der Waals surface area contributed by atoms with E-state index < -0.39 is 21.4 Å². The van der Waals surface area contributed by atoms with Crippen molar-refractivity contribution in [1.29, 1.82) is 0 Å². The van der Waals surface area contributed by atoms with E-state index in [0.717, 1.165) is 5.56 Å². The predicted octanol–water partition coefficient (Wildman–Crippen LogP) is 3.67. The van der Waals surface area contributed by atoms with E-state index in [9.17, 15) is 12.8 Å². The normalized spacial score (nSPS) is 21.2. The summed E-state index contributed by atoms with van der Waals surface area (Å²) in [6.07, 6.45) is -0.329. The van der Waals surface area contributed by atoms with Gasteiger partial charge in [0, 0.05) is 6.54 Å². The number of benzene rings is 2. The molecule has 0 aromatic heterocycles. The van der Waals surface area contributed by atoms with Gasteiger partial charge in [-0.2, -0.15) is 4.31 Å². The van der Waals surface area contributed by atoms with Gasteiger partial charge in [-0.1, -0.05) is 30.3 Å². The largest absolute Gasteiger partial charge is 0.370 e. The summed E-state index contributed by atoms with van der Waals surface area (Å²) >= 11 is 0. The third kappa shape index (κ3) is 3.47. The summed E-state index contributed by atoms with van der Waals surface area (Å²) in [5.41, 5.74) is 0.651. The zero-order valence-electron chi connectivity index (χ0n) is 14.6. The van der Waals surface area contributed by atoms with Crippen molar-refractivity contribution in [2.24, 2.45) is 0 Å². The van der Waals surface area contributed by atoms with Crippen LogP contribution in [0.1, 0.15) is 31.1 Å². The second-order valence-electron chi connectivity index (χ2n) is 6.97. The molecule has 25 heavy (non-hydrogen) atoms. The minimum atomic E-state index is -3.77. The van der Waals surface area contributed by atoms with Gasteiger partial charge in [-0.15, -0.1) is 0 Å². The number of nitrogens with zero attached hydrogens (tertiary/aromatic N) is 1. The van der Waals surface area contributed by atoms with Gasteiger partial charge in [0.2, 0.25) is 10.0 Å². The molecule has 1 heterocycles. The molecule has 1 fully saturated rings. The number of rotatable bonds is 3. The van der Waals surface area contributed by atoms with E-state index in [1.54, 1.807) is 6.92 Å². The first-order chi connectivity index (χ1) is 11.7. The molecule has 3 rings (SSSR count). The second-order valence-corrected chi connectivity index (χ2v) is 8.80. The Labute approximate surface area is 148 Å². The van der Waals surface area contributed by atoms with Crippen molar-refractivity contribution in [3.05, 3.63) is 65.5 Å². The maximum absolute atomic E-state index is 13.4. The maximum Gasteiger partial charge on any atom is 0.244 e. The smallest absolute Gasteiger partial charge is 0.244 e. The molecule has 0 radical (unpaired) electrons. The minimum Gasteiger partial charge on any atom is -0.370 e. The van der Waals surface area contributed by atoms with Gasteiger partial charge in [0.05, 0.1) is 23.1 Å². The van der Waals surface area contributed by atoms with E-state index in [1.165, 1.54) is 22.5 Å². The summed E-state index contributed by atoms with van der Waals surface area (Å²) < 4.78 is 47.3. The Morgan fingerprint density at radius 3 is 2.48 bits per heavy atom. The van der Waals surface area contributed by atoms with Crippen LogP contribution in [0.4, 0.5) is 4.39 Å². The molecule has 4 nitrogen and oxygen atoms in total. The Morgan fingerprint density at radius 1 is 1.16 bits per heavy atom. The number of hydrogen-bond acceptors (Lipinski definition) is 3. The van der Waals surface area contributed by atoms with Gasteiger partial charge in [0.1, 0.15) is 5.82 Å². The van der Waals surface area contributed by atoms with E-state index >= 15 is 0 Å². The summed E-state index contributed by atoms with van der Waals surface area (Å²) in [7, 11) is -3.77. The number of aryl methyl sites for hydroxylation is 1. The summed E-state index contributed by atoms with van der Waals surface area (Å²) in [6.45, 7) is 5.79. The Balaban J connectivity index is 1.99. The quantitative estimate of drug-likeness (QED) is 0.836. The Hall–Kier alpha value is -1.76. The Bertz CT molecular complexity index is 865. The number of ether oxygens (including phenoxy) is 1. The summed E-state index contributed by atoms with van der Waals surface area (Å²) in [5.74, 6) is -0.445. The molecule has 2 aromatic carbocycles. The molecule has 1 unspecified atom stereocenters. The molecule has 0 spiro atoms. The first-order valence-electron chi connectivity index (χ1n) is 8.17. The molecule has 0 N–H and O–H groups in total. The first kappa shape index (κ1) is 18.0. The number of hydrogen-bond donors (Lipinski definition) is 0. The van der Waals surface area contributed by atoms with E-state index in [2.05, 4.69) is 0 Å². The molecule has 2 aromatic rings. The molecular formula is C19H22FNO3S. The van der Waals surface area contributed by atoms with Gasteiger partial charge >= 0.3 is 0 Å². The average Bonchev–Trinajstić information content (AvgIpc) is 2.54. The van der Waals surface area contributed by atoms with Crippen LogP contribution >= 0.6 is 0 Å². The lowest BCUT2D eigenvalue weighted by molar-refractivity contribution is -0.0655. The SMILES string of the molecule is Cc1cc(F)ccc1S(=O)(=O)N1CC(c2ccccc2)OCC1(C)C. The summed E-state index contributed by atoms with van der Waals surface area (Å²) in [5, 5.41) is 0. The van der Waals surface area contributed by atoms with Crippen molar-refractivity contribution in [3.63, 3.8) is 0 Å². The number of sulfonamides is 1. The molecule has 1 atom stereocenters. The van der Waals surface area contributed by atoms with Gasteiger partial charge in [-0.05, 0) is 50.1 Å². The molecule has 0 amide bonds. The zero-order chi connectivity index (χ0) is 18.2. The lowest BCUT2D eigenvalue weighted by Crippen LogP contribution is -2.56. The average molecular weight is 363 g/mol. The van der Waals surface area contributed by atoms with Crippen LogP contribution in [0.15, 0.2) is 53.4 Å². The fourth-order valence-electron chi connectivity index (χ4n) is 3.14. The minimum absolute atomic E-state index is 0.135. The highest BCUT2D eigenvalue weighted by molar-refractivity contribution is 7.89. The van der Waals surface area contributed by atoms with Gasteiger partial charge in [-0.25, -0.2) is 12.8 Å². The van der Waals surface area contributed by atoms with Gasteiger partial charge in [0.25, 0.3) is 0 Å². The highest BCUT2D eigenvalue weighted by atomic mass is 32.2. The molecule has 6 heteroatoms. The first-order valence-corrected chi connectivity index (χ1v) is 9.61. The predicted molar refractivity (Wildman–Crippen MR) is 94.2 cm³/mol. The van der Waals surface area contributed by atoms with Crippen molar-refractivity contribution in [1.82, 2.24) is 4.31 Å². The van der Waals surface area contributed by atoms with E-state index in [4.69, 9.17) is 4.74 Å². The van der Waals surface area contributed by atoms with E-state index in [0.29, 0.717) is 5.56 Å². The molecule has 0 bridgehead atoms. The maximum atomic E-state index is 13.4. The van der Waals surface area contributed by atoms with Crippen LogP contribution in [0.3, 0.4) is 0 Å². The van der Waals surface area contributed by atoms with Crippen molar-refractivity contribution in [3.8, 4) is 0 Å². The summed E-state index contributed by atoms with van der Waals surface area (Å²) in [6, 6.07) is 13.3. The lowest BCUT2D eigenvalue weighted by Gasteiger charge is -2.44. The van der Waals surface area contributed by atoms with Crippen LogP contribution in [-0.4, -0.2) is 31.4 Å². The molecule has 1 aliphatic heterocycles. The highest BCUT2D eigenvalue weighted by Gasteiger charge is 2.43. The summed E-state index contributed by atoms with van der Waals surface area (Å²) in [4.78, 5) is 0.135. The van der Waals surface area contributed by atoms with Crippen LogP contribution in [0.2, 0.25) is 0 Å². The van der Waals surface area contributed by atoms with Crippen LogP contribution in [-0.2, 0) is 14.8 Å². The van der Waals surface area contributed by atoms with Gasteiger partial charge in [0.15, 0.2) is 0 Å². The topological polar surface area (TPSA) is 46.6 Å². The van der Waals surface area contributed by atoms with Crippen molar-refractivity contribution >= 4 is 10.0 Å². The lowest BCUT2D eigenvalue weighted by atomic mass is 10.0. The van der Waals surface area contributed by atoms with E-state index in [-0.39, 0.29) is 24.2 Å². The Morgan fingerprint density at radius 2 is 1.84 bits per heavy atom. The van der Waals surface area contributed by atoms with Gasteiger partial charge in [-0.3, -0.25) is 0 Å². The van der Waals surface area contributed by atoms with Crippen molar-refractivity contribution in [2.45, 2.75) is 37.3 Å². The molecule has 134 valence electrons. The van der Waals surface area contributed by atoms with Crippen molar-refractivity contribution in [2.75, 3.05) is 13.2 Å². The second kappa shape index (κ2) is 6.52. The third-order valence-corrected chi connectivity index (χ3v) is 6.76. The van der Waals surface area contributed by atoms with Crippen molar-refractivity contribution < 1.29 is 17.5 Å². The van der Waals surface area contributed by atoms with Crippen LogP contribution < -0.4 is 0 Å². The highest BCUT2D eigenvalue weighted by Crippen LogP contribution is 2.35. The van der Waals surface area contributed by atoms with Crippen LogP contribution in [0.25, 0.3) is 0 Å². The third-order valence-electron chi connectivity index (χ3n) is 4.52. The molecule has 1 saturated heterocycles. The van der Waals surface area contributed by atoms with Crippen LogP contribution in [0, 0.1) is 12.7 Å². The molecule has 0 saturated carbocycles. The van der Waals surface area contributed by atoms with Gasteiger partial charge < -0.3 is 4.74 Å².